The average Bonchev–Trinajstić information content (AvgIpc) is 2.46. The Morgan fingerprint density at radius 2 is 1.57 bits per heavy atom. The van der Waals surface area contributed by atoms with Gasteiger partial charge in [-0.3, -0.25) is 4.79 Å². The molecular formula is C16H10Cl2O3. The van der Waals surface area contributed by atoms with Crippen LogP contribution in [0.4, 0.5) is 0 Å². The van der Waals surface area contributed by atoms with Crippen LogP contribution in [0.15, 0.2) is 48.5 Å². The van der Waals surface area contributed by atoms with Crippen molar-refractivity contribution in [3.63, 3.8) is 0 Å². The molecule has 0 saturated heterocycles. The van der Waals surface area contributed by atoms with Gasteiger partial charge in [-0.1, -0.05) is 41.4 Å². The van der Waals surface area contributed by atoms with Crippen molar-refractivity contribution < 1.29 is 14.7 Å². The van der Waals surface area contributed by atoms with E-state index < -0.39 is 5.97 Å². The first kappa shape index (κ1) is 15.3. The molecule has 21 heavy (non-hydrogen) atoms. The van der Waals surface area contributed by atoms with Gasteiger partial charge in [0.2, 0.25) is 0 Å². The fourth-order valence-electron chi connectivity index (χ4n) is 1.68. The van der Waals surface area contributed by atoms with Gasteiger partial charge in [0.25, 0.3) is 0 Å². The molecule has 0 bridgehead atoms. The second kappa shape index (κ2) is 6.57. The third-order valence-corrected chi connectivity index (χ3v) is 3.36. The number of allylic oxidation sites excluding steroid dienone is 1. The minimum atomic E-state index is -1.03. The monoisotopic (exact) mass is 320 g/mol. The van der Waals surface area contributed by atoms with Crippen molar-refractivity contribution in [2.45, 2.75) is 0 Å². The topological polar surface area (TPSA) is 54.4 Å². The molecule has 0 heterocycles. The predicted octanol–water partition coefficient (Wildman–Crippen LogP) is 4.59. The maximum atomic E-state index is 12.0. The molecule has 1 N–H and O–H groups in total. The lowest BCUT2D eigenvalue weighted by Crippen LogP contribution is -1.98. The number of hydrogen-bond donors (Lipinski definition) is 1. The second-order valence-corrected chi connectivity index (χ2v) is 5.09. The number of benzene rings is 2. The fraction of sp³-hybridized carbons (Fsp3) is 0. The quantitative estimate of drug-likeness (QED) is 0.662. The molecule has 3 nitrogen and oxygen atoms in total. The molecule has 5 heteroatoms. The van der Waals surface area contributed by atoms with Crippen LogP contribution in [0, 0.1) is 0 Å². The standard InChI is InChI=1S/C16H10Cl2O3/c17-13-7-5-10(14(18)9-13)6-8-15(19)11-1-3-12(4-2-11)16(20)21/h1-9H,(H,20,21)/b8-6+. The van der Waals surface area contributed by atoms with Gasteiger partial charge < -0.3 is 5.11 Å². The molecule has 0 unspecified atom stereocenters. The summed E-state index contributed by atoms with van der Waals surface area (Å²) in [6.45, 7) is 0. The van der Waals surface area contributed by atoms with Crippen LogP contribution >= 0.6 is 23.2 Å². The summed E-state index contributed by atoms with van der Waals surface area (Å²) >= 11 is 11.8. The van der Waals surface area contributed by atoms with Crippen molar-refractivity contribution in [2.24, 2.45) is 0 Å². The van der Waals surface area contributed by atoms with Gasteiger partial charge in [0.05, 0.1) is 5.56 Å². The highest BCUT2D eigenvalue weighted by Gasteiger charge is 2.06. The van der Waals surface area contributed by atoms with Crippen molar-refractivity contribution in [1.82, 2.24) is 0 Å². The van der Waals surface area contributed by atoms with Crippen molar-refractivity contribution >= 4 is 41.0 Å². The van der Waals surface area contributed by atoms with E-state index in [0.717, 1.165) is 0 Å². The largest absolute Gasteiger partial charge is 0.478 e. The van der Waals surface area contributed by atoms with Gasteiger partial charge in [-0.2, -0.15) is 0 Å². The Morgan fingerprint density at radius 1 is 0.952 bits per heavy atom. The van der Waals surface area contributed by atoms with E-state index in [1.165, 1.54) is 30.3 Å². The lowest BCUT2D eigenvalue weighted by Gasteiger charge is -2.00. The van der Waals surface area contributed by atoms with Gasteiger partial charge in [0.1, 0.15) is 0 Å². The summed E-state index contributed by atoms with van der Waals surface area (Å²) in [5.41, 5.74) is 1.22. The molecule has 106 valence electrons. The number of carboxylic acid groups (broad SMARTS) is 1. The Kier molecular flexibility index (Phi) is 4.78. The van der Waals surface area contributed by atoms with Gasteiger partial charge in [0, 0.05) is 15.6 Å². The number of rotatable bonds is 4. The lowest BCUT2D eigenvalue weighted by molar-refractivity contribution is 0.0696. The molecule has 0 aromatic heterocycles. The Bertz CT molecular complexity index is 719. The summed E-state index contributed by atoms with van der Waals surface area (Å²) in [5, 5.41) is 9.77. The Morgan fingerprint density at radius 3 is 2.14 bits per heavy atom. The van der Waals surface area contributed by atoms with Crippen molar-refractivity contribution in [3.8, 4) is 0 Å². The predicted molar refractivity (Wildman–Crippen MR) is 83.2 cm³/mol. The van der Waals surface area contributed by atoms with Crippen molar-refractivity contribution in [1.29, 1.82) is 0 Å². The Hall–Kier alpha value is -2.10. The first-order valence-corrected chi connectivity index (χ1v) is 6.74. The van der Waals surface area contributed by atoms with Gasteiger partial charge in [0.15, 0.2) is 5.78 Å². The molecule has 0 saturated carbocycles. The summed E-state index contributed by atoms with van der Waals surface area (Å²) in [4.78, 5) is 22.7. The maximum Gasteiger partial charge on any atom is 0.335 e. The minimum Gasteiger partial charge on any atom is -0.478 e. The van der Waals surface area contributed by atoms with Crippen LogP contribution in [0.1, 0.15) is 26.3 Å². The van der Waals surface area contributed by atoms with Gasteiger partial charge >= 0.3 is 5.97 Å². The van der Waals surface area contributed by atoms with E-state index in [9.17, 15) is 9.59 Å². The third-order valence-electron chi connectivity index (χ3n) is 2.79. The molecule has 0 aliphatic rings. The summed E-state index contributed by atoms with van der Waals surface area (Å²) in [7, 11) is 0. The van der Waals surface area contributed by atoms with Crippen LogP contribution in [0.2, 0.25) is 10.0 Å². The van der Waals surface area contributed by atoms with E-state index in [4.69, 9.17) is 28.3 Å². The van der Waals surface area contributed by atoms with Gasteiger partial charge in [-0.25, -0.2) is 4.79 Å². The van der Waals surface area contributed by atoms with E-state index in [1.54, 1.807) is 24.3 Å². The zero-order chi connectivity index (χ0) is 15.4. The summed E-state index contributed by atoms with van der Waals surface area (Å²) in [6.07, 6.45) is 2.97. The summed E-state index contributed by atoms with van der Waals surface area (Å²) < 4.78 is 0. The molecule has 0 radical (unpaired) electrons. The number of aromatic carboxylic acids is 1. The Balaban J connectivity index is 2.17. The van der Waals surface area contributed by atoms with Crippen molar-refractivity contribution in [2.75, 3.05) is 0 Å². The van der Waals surface area contributed by atoms with Crippen LogP contribution in [0.3, 0.4) is 0 Å². The lowest BCUT2D eigenvalue weighted by atomic mass is 10.1. The number of carbonyl (C=O) groups excluding carboxylic acids is 1. The number of carboxylic acids is 1. The first-order valence-electron chi connectivity index (χ1n) is 5.98. The van der Waals surface area contributed by atoms with Crippen LogP contribution in [0.5, 0.6) is 0 Å². The highest BCUT2D eigenvalue weighted by atomic mass is 35.5. The van der Waals surface area contributed by atoms with E-state index in [0.29, 0.717) is 21.2 Å². The minimum absolute atomic E-state index is 0.135. The van der Waals surface area contributed by atoms with E-state index in [-0.39, 0.29) is 11.3 Å². The normalized spacial score (nSPS) is 10.8. The fourth-order valence-corrected chi connectivity index (χ4v) is 2.15. The molecule has 2 aromatic carbocycles. The van der Waals surface area contributed by atoms with Crippen LogP contribution in [0.25, 0.3) is 6.08 Å². The molecular weight excluding hydrogens is 311 g/mol. The molecule has 0 aliphatic carbocycles. The molecule has 0 amide bonds. The molecule has 0 spiro atoms. The first-order chi connectivity index (χ1) is 9.97. The average molecular weight is 321 g/mol. The number of halogens is 2. The highest BCUT2D eigenvalue weighted by molar-refractivity contribution is 6.35. The van der Waals surface area contributed by atoms with E-state index >= 15 is 0 Å². The zero-order valence-electron chi connectivity index (χ0n) is 10.7. The Labute approximate surface area is 131 Å². The van der Waals surface area contributed by atoms with Crippen molar-refractivity contribution in [3.05, 3.63) is 75.3 Å². The number of ketones is 1. The van der Waals surface area contributed by atoms with Crippen LogP contribution in [-0.2, 0) is 0 Å². The zero-order valence-corrected chi connectivity index (χ0v) is 12.2. The highest BCUT2D eigenvalue weighted by Crippen LogP contribution is 2.22. The molecule has 0 atom stereocenters. The molecule has 2 aromatic rings. The second-order valence-electron chi connectivity index (χ2n) is 4.25. The van der Waals surface area contributed by atoms with Crippen LogP contribution < -0.4 is 0 Å². The van der Waals surface area contributed by atoms with E-state index in [2.05, 4.69) is 0 Å². The van der Waals surface area contributed by atoms with Gasteiger partial charge in [-0.05, 0) is 42.0 Å². The molecule has 2 rings (SSSR count). The summed E-state index contributed by atoms with van der Waals surface area (Å²) in [5.74, 6) is -1.27. The molecule has 0 fully saturated rings. The number of hydrogen-bond acceptors (Lipinski definition) is 2. The van der Waals surface area contributed by atoms with Gasteiger partial charge in [-0.15, -0.1) is 0 Å². The summed E-state index contributed by atoms with van der Waals surface area (Å²) in [6, 6.07) is 10.7. The SMILES string of the molecule is O=C(O)c1ccc(C(=O)/C=C/c2ccc(Cl)cc2Cl)cc1. The number of carbonyl (C=O) groups is 2. The third kappa shape index (κ3) is 3.94. The van der Waals surface area contributed by atoms with Crippen LogP contribution in [-0.4, -0.2) is 16.9 Å². The smallest absolute Gasteiger partial charge is 0.335 e. The van der Waals surface area contributed by atoms with E-state index in [1.807, 2.05) is 0 Å². The maximum absolute atomic E-state index is 12.0. The molecule has 0 aliphatic heterocycles.